The summed E-state index contributed by atoms with van der Waals surface area (Å²) >= 11 is 14.2. The van der Waals surface area contributed by atoms with Gasteiger partial charge in [-0.3, -0.25) is 0 Å². The Bertz CT molecular complexity index is 1610. The van der Waals surface area contributed by atoms with Gasteiger partial charge in [-0.1, -0.05) is 34.4 Å². The fourth-order valence-corrected chi connectivity index (χ4v) is 7.97. The molecule has 0 amide bonds. The second-order valence-corrected chi connectivity index (χ2v) is 12.4. The Kier molecular flexibility index (Phi) is 5.80. The van der Waals surface area contributed by atoms with E-state index in [1.165, 1.54) is 17.4 Å². The molecular formula is C28H22Cl2FN3O3S. The number of fused-ring (bicyclic) bond motifs is 3. The lowest BCUT2D eigenvalue weighted by atomic mass is 9.83. The molecule has 0 aliphatic heterocycles. The Morgan fingerprint density at radius 1 is 1.24 bits per heavy atom. The Balaban J connectivity index is 1.12. The lowest BCUT2D eigenvalue weighted by molar-refractivity contribution is -0.0726. The zero-order valence-corrected chi connectivity index (χ0v) is 22.4. The van der Waals surface area contributed by atoms with Crippen LogP contribution in [0.25, 0.3) is 21.5 Å². The number of nitrogens with zero attached hydrogens (tertiary/aromatic N) is 3. The molecule has 1 N–H and O–H groups in total. The molecule has 38 heavy (non-hydrogen) atoms. The van der Waals surface area contributed by atoms with Gasteiger partial charge in [0.15, 0.2) is 5.82 Å². The van der Waals surface area contributed by atoms with Gasteiger partial charge in [-0.05, 0) is 68.2 Å². The van der Waals surface area contributed by atoms with Crippen LogP contribution >= 0.6 is 34.5 Å². The number of benzene rings is 2. The molecule has 4 atom stereocenters. The van der Waals surface area contributed by atoms with Crippen LogP contribution in [0.5, 0.6) is 0 Å². The quantitative estimate of drug-likeness (QED) is 0.261. The van der Waals surface area contributed by atoms with Gasteiger partial charge in [0.2, 0.25) is 0 Å². The van der Waals surface area contributed by atoms with Gasteiger partial charge in [0.25, 0.3) is 0 Å². The van der Waals surface area contributed by atoms with Crippen LogP contribution in [0.15, 0.2) is 34.9 Å². The summed E-state index contributed by atoms with van der Waals surface area (Å²) in [6, 6.07) is 10.1. The summed E-state index contributed by atoms with van der Waals surface area (Å²) in [7, 11) is 0. The molecule has 2 heterocycles. The van der Waals surface area contributed by atoms with Gasteiger partial charge in [-0.25, -0.2) is 9.37 Å². The zero-order chi connectivity index (χ0) is 26.2. The maximum Gasteiger partial charge on any atom is 0.151 e. The van der Waals surface area contributed by atoms with Crippen molar-refractivity contribution in [2.45, 2.75) is 56.3 Å². The first-order chi connectivity index (χ1) is 18.4. The largest absolute Gasteiger partial charge is 0.382 e. The lowest BCUT2D eigenvalue weighted by Crippen LogP contribution is -2.37. The van der Waals surface area contributed by atoms with Crippen molar-refractivity contribution in [1.29, 1.82) is 5.26 Å². The van der Waals surface area contributed by atoms with E-state index < -0.39 is 11.4 Å². The molecule has 2 bridgehead atoms. The minimum atomic E-state index is -1.12. The first kappa shape index (κ1) is 24.5. The van der Waals surface area contributed by atoms with Crippen molar-refractivity contribution in [2.24, 2.45) is 11.8 Å². The van der Waals surface area contributed by atoms with Crippen LogP contribution in [0, 0.1) is 29.0 Å². The van der Waals surface area contributed by atoms with E-state index in [9.17, 15) is 9.50 Å². The molecule has 2 aromatic carbocycles. The Labute approximate surface area is 231 Å². The molecule has 6 nitrogen and oxygen atoms in total. The first-order valence-electron chi connectivity index (χ1n) is 12.6. The number of aromatic nitrogens is 2. The molecule has 3 aliphatic carbocycles. The topological polar surface area (TPSA) is 92.2 Å². The first-order valence-corrected chi connectivity index (χ1v) is 14.2. The minimum absolute atomic E-state index is 0.0342. The highest BCUT2D eigenvalue weighted by molar-refractivity contribution is 7.18. The van der Waals surface area contributed by atoms with E-state index >= 15 is 0 Å². The van der Waals surface area contributed by atoms with Crippen molar-refractivity contribution in [3.63, 3.8) is 0 Å². The molecule has 194 valence electrons. The summed E-state index contributed by atoms with van der Waals surface area (Å²) in [4.78, 5) is 4.47. The van der Waals surface area contributed by atoms with Crippen molar-refractivity contribution in [3.8, 4) is 17.3 Å². The summed E-state index contributed by atoms with van der Waals surface area (Å²) in [6.07, 6.45) is 4.06. The lowest BCUT2D eigenvalue weighted by Gasteiger charge is -2.34. The van der Waals surface area contributed by atoms with E-state index in [1.54, 1.807) is 24.3 Å². The second-order valence-electron chi connectivity index (χ2n) is 10.6. The maximum atomic E-state index is 14.5. The third-order valence-electron chi connectivity index (χ3n) is 8.23. The van der Waals surface area contributed by atoms with Crippen LogP contribution in [0.4, 0.5) is 4.39 Å². The number of hydrogen-bond donors (Lipinski definition) is 1. The summed E-state index contributed by atoms with van der Waals surface area (Å²) < 4.78 is 27.3. The second kappa shape index (κ2) is 9.00. The molecule has 7 rings (SSSR count). The number of halogens is 3. The normalized spacial score (nSPS) is 26.3. The van der Waals surface area contributed by atoms with E-state index in [2.05, 4.69) is 10.1 Å². The fourth-order valence-electron chi connectivity index (χ4n) is 6.20. The molecule has 4 aromatic rings. The average molecular weight is 570 g/mol. The number of nitriles is 1. The highest BCUT2D eigenvalue weighted by Crippen LogP contribution is 2.57. The van der Waals surface area contributed by atoms with Crippen LogP contribution < -0.4 is 0 Å². The fraction of sp³-hybridized carbons (Fsp3) is 0.393. The van der Waals surface area contributed by atoms with Gasteiger partial charge < -0.3 is 14.4 Å². The number of aliphatic hydroxyl groups is 1. The molecule has 3 unspecified atom stereocenters. The molecule has 3 aliphatic rings. The van der Waals surface area contributed by atoms with Crippen molar-refractivity contribution in [1.82, 2.24) is 10.1 Å². The molecule has 0 saturated heterocycles. The molecular weight excluding hydrogens is 548 g/mol. The third-order valence-corrected chi connectivity index (χ3v) is 10.0. The average Bonchev–Trinajstić information content (AvgIpc) is 3.21. The van der Waals surface area contributed by atoms with Gasteiger partial charge in [0.1, 0.15) is 27.6 Å². The van der Waals surface area contributed by atoms with Gasteiger partial charge in [0.05, 0.1) is 39.1 Å². The third kappa shape index (κ3) is 3.87. The SMILES string of the molecule is N#Cc1cc(F)c2nc([C@]3(O)CC4CC3CC4OCc3c(-c4c(Cl)cccc4Cl)noc3C3CC3)sc2c1. The van der Waals surface area contributed by atoms with Crippen LogP contribution in [0.1, 0.15) is 59.9 Å². The number of hydrogen-bond acceptors (Lipinski definition) is 7. The number of rotatable bonds is 6. The van der Waals surface area contributed by atoms with Crippen LogP contribution in [-0.2, 0) is 16.9 Å². The summed E-state index contributed by atoms with van der Waals surface area (Å²) in [6.45, 7) is 0.321. The van der Waals surface area contributed by atoms with E-state index in [0.717, 1.165) is 30.6 Å². The molecule has 3 fully saturated rings. The van der Waals surface area contributed by atoms with Crippen molar-refractivity contribution < 1.29 is 18.8 Å². The van der Waals surface area contributed by atoms with Crippen molar-refractivity contribution in [3.05, 3.63) is 68.1 Å². The number of thiazole rings is 1. The highest BCUT2D eigenvalue weighted by Gasteiger charge is 2.57. The summed E-state index contributed by atoms with van der Waals surface area (Å²) in [5, 5.41) is 26.7. The van der Waals surface area contributed by atoms with Crippen molar-refractivity contribution in [2.75, 3.05) is 0 Å². The minimum Gasteiger partial charge on any atom is -0.382 e. The molecule has 2 aromatic heterocycles. The van der Waals surface area contributed by atoms with Crippen molar-refractivity contribution >= 4 is 44.8 Å². The predicted octanol–water partition coefficient (Wildman–Crippen LogP) is 7.35. The van der Waals surface area contributed by atoms with Gasteiger partial charge in [0, 0.05) is 17.0 Å². The van der Waals surface area contributed by atoms with E-state index in [0.29, 0.717) is 56.4 Å². The molecule has 3 saturated carbocycles. The molecule has 0 radical (unpaired) electrons. The Morgan fingerprint density at radius 3 is 2.71 bits per heavy atom. The van der Waals surface area contributed by atoms with E-state index in [1.807, 2.05) is 6.07 Å². The van der Waals surface area contributed by atoms with Crippen LogP contribution in [0.3, 0.4) is 0 Å². The molecule has 10 heteroatoms. The van der Waals surface area contributed by atoms with Gasteiger partial charge in [-0.15, -0.1) is 11.3 Å². The summed E-state index contributed by atoms with van der Waals surface area (Å²) in [5.74, 6) is 0.739. The van der Waals surface area contributed by atoms with E-state index in [4.69, 9.17) is 37.7 Å². The summed E-state index contributed by atoms with van der Waals surface area (Å²) in [5.41, 5.74) is 1.48. The number of ether oxygens (including phenoxy) is 1. The van der Waals surface area contributed by atoms with E-state index in [-0.39, 0.29) is 29.0 Å². The highest BCUT2D eigenvalue weighted by atomic mass is 35.5. The Hall–Kier alpha value is -2.54. The monoisotopic (exact) mass is 569 g/mol. The zero-order valence-electron chi connectivity index (χ0n) is 20.1. The van der Waals surface area contributed by atoms with Gasteiger partial charge in [-0.2, -0.15) is 5.26 Å². The van der Waals surface area contributed by atoms with Gasteiger partial charge >= 0.3 is 0 Å². The maximum absolute atomic E-state index is 14.5. The Morgan fingerprint density at radius 2 is 2.03 bits per heavy atom. The van der Waals surface area contributed by atoms with Crippen LogP contribution in [0.2, 0.25) is 10.0 Å². The van der Waals surface area contributed by atoms with Crippen LogP contribution in [-0.4, -0.2) is 21.4 Å². The molecule has 0 spiro atoms. The smallest absolute Gasteiger partial charge is 0.151 e. The standard InChI is InChI=1S/C28H22Cl2FN3O3S/c29-18-2-1-3-19(30)23(18)24-17(26(37-34-24)14-4-5-14)12-36-21-9-16-8-15(21)10-28(16,35)27-33-25-20(31)6-13(11-32)7-22(25)38-27/h1-3,6-7,14-16,21,35H,4-5,8-10,12H2/t15?,16?,21?,28-/m0/s1. The predicted molar refractivity (Wildman–Crippen MR) is 142 cm³/mol.